The molecule has 2 N–H and O–H groups in total. The molecule has 4 bridgehead atoms. The first-order valence-corrected chi connectivity index (χ1v) is 14.1. The van der Waals surface area contributed by atoms with Gasteiger partial charge in [0.15, 0.2) is 0 Å². The van der Waals surface area contributed by atoms with Crippen molar-refractivity contribution >= 4 is 17.5 Å². The zero-order valence-electron chi connectivity index (χ0n) is 22.7. The molecule has 0 radical (unpaired) electrons. The molecule has 5 aliphatic rings. The van der Waals surface area contributed by atoms with Crippen LogP contribution in [0.3, 0.4) is 0 Å². The van der Waals surface area contributed by atoms with Crippen LogP contribution in [0.5, 0.6) is 0 Å². The average molecular weight is 504 g/mol. The van der Waals surface area contributed by atoms with E-state index in [4.69, 9.17) is 4.98 Å². The van der Waals surface area contributed by atoms with Gasteiger partial charge in [0, 0.05) is 43.6 Å². The average Bonchev–Trinajstić information content (AvgIpc) is 2.85. The van der Waals surface area contributed by atoms with Crippen molar-refractivity contribution in [3.05, 3.63) is 47.8 Å². The largest absolute Gasteiger partial charge is 0.390 e. The summed E-state index contributed by atoms with van der Waals surface area (Å²) in [7, 11) is 0. The molecule has 2 aromatic rings. The molecule has 7 nitrogen and oxygen atoms in total. The Morgan fingerprint density at radius 2 is 1.76 bits per heavy atom. The fraction of sp³-hybridized carbons (Fsp3) is 0.633. The molecule has 4 aliphatic carbocycles. The molecule has 2 unspecified atom stereocenters. The summed E-state index contributed by atoms with van der Waals surface area (Å²) < 4.78 is 0. The van der Waals surface area contributed by atoms with E-state index >= 15 is 0 Å². The molecule has 2 heterocycles. The highest BCUT2D eigenvalue weighted by Gasteiger charge is 2.55. The smallest absolute Gasteiger partial charge is 0.270 e. The van der Waals surface area contributed by atoms with Gasteiger partial charge in [-0.1, -0.05) is 32.9 Å². The van der Waals surface area contributed by atoms with Gasteiger partial charge in [0.1, 0.15) is 5.69 Å². The molecule has 7 rings (SSSR count). The van der Waals surface area contributed by atoms with Crippen molar-refractivity contribution in [3.8, 4) is 0 Å². The maximum Gasteiger partial charge on any atom is 0.270 e. The van der Waals surface area contributed by atoms with E-state index < -0.39 is 5.60 Å². The van der Waals surface area contributed by atoms with Gasteiger partial charge >= 0.3 is 0 Å². The summed E-state index contributed by atoms with van der Waals surface area (Å²) in [5.41, 5.74) is 2.68. The Hall–Kier alpha value is -2.67. The molecule has 0 spiro atoms. The highest BCUT2D eigenvalue weighted by atomic mass is 16.3. The van der Waals surface area contributed by atoms with Gasteiger partial charge in [-0.15, -0.1) is 0 Å². The van der Waals surface area contributed by atoms with Crippen LogP contribution in [-0.2, 0) is 5.41 Å². The van der Waals surface area contributed by atoms with Crippen molar-refractivity contribution in [2.24, 2.45) is 17.8 Å². The molecule has 1 aliphatic heterocycles. The summed E-state index contributed by atoms with van der Waals surface area (Å²) in [6, 6.07) is 11.0. The molecule has 1 aromatic heterocycles. The number of piperazine rings is 1. The number of rotatable bonds is 4. The van der Waals surface area contributed by atoms with Crippen LogP contribution in [0, 0.1) is 17.8 Å². The third kappa shape index (κ3) is 4.71. The molecule has 4 saturated carbocycles. The van der Waals surface area contributed by atoms with Crippen LogP contribution in [0.15, 0.2) is 36.5 Å². The van der Waals surface area contributed by atoms with Crippen LogP contribution < -0.4 is 15.1 Å². The summed E-state index contributed by atoms with van der Waals surface area (Å²) in [4.78, 5) is 27.2. The van der Waals surface area contributed by atoms with E-state index in [1.165, 1.54) is 11.3 Å². The van der Waals surface area contributed by atoms with Gasteiger partial charge in [-0.25, -0.2) is 9.97 Å². The van der Waals surface area contributed by atoms with E-state index in [9.17, 15) is 9.90 Å². The summed E-state index contributed by atoms with van der Waals surface area (Å²) in [5, 5.41) is 14.2. The number of aromatic nitrogens is 2. The monoisotopic (exact) mass is 503 g/mol. The van der Waals surface area contributed by atoms with E-state index in [2.05, 4.69) is 72.1 Å². The second-order valence-electron chi connectivity index (χ2n) is 13.2. The first-order valence-electron chi connectivity index (χ1n) is 14.1. The molecular weight excluding hydrogens is 462 g/mol. The quantitative estimate of drug-likeness (QED) is 0.652. The molecule has 198 valence electrons. The Kier molecular flexibility index (Phi) is 5.98. The second-order valence-corrected chi connectivity index (χ2v) is 13.2. The number of benzene rings is 1. The fourth-order valence-corrected chi connectivity index (χ4v) is 7.72. The first kappa shape index (κ1) is 24.7. The van der Waals surface area contributed by atoms with Gasteiger partial charge in [-0.3, -0.25) is 4.79 Å². The number of hydrogen-bond donors (Lipinski definition) is 2. The number of anilines is 2. The second kappa shape index (κ2) is 8.97. The maximum absolute atomic E-state index is 13.3. The first-order chi connectivity index (χ1) is 17.6. The number of nitrogens with zero attached hydrogens (tertiary/aromatic N) is 4. The van der Waals surface area contributed by atoms with Crippen LogP contribution in [-0.4, -0.2) is 58.3 Å². The summed E-state index contributed by atoms with van der Waals surface area (Å²) in [6.45, 7) is 11.5. The van der Waals surface area contributed by atoms with Crippen LogP contribution in [0.2, 0.25) is 0 Å². The highest BCUT2D eigenvalue weighted by Crippen LogP contribution is 2.55. The van der Waals surface area contributed by atoms with E-state index in [1.807, 2.05) is 0 Å². The van der Waals surface area contributed by atoms with Crippen molar-refractivity contribution in [3.63, 3.8) is 0 Å². The molecular formula is C30H41N5O2. The van der Waals surface area contributed by atoms with Gasteiger partial charge in [-0.2, -0.15) is 0 Å². The third-order valence-electron chi connectivity index (χ3n) is 9.40. The number of hydrogen-bond acceptors (Lipinski definition) is 6. The standard InChI is InChI=1S/C30H41N5O2/c1-19-18-34(24-7-5-23(6-8-24)29(2,3)4)11-12-35(19)28-31-10-9-25(32-28)27(36)33-26-21-13-20-14-22(26)17-30(37,15-20)16-21/h5-10,19-22,26,37H,11-18H2,1-4H3,(H,33,36)/t19-,20?,21?,22?,26?,30?/m1/s1. The number of nitrogens with one attached hydrogen (secondary N) is 1. The van der Waals surface area contributed by atoms with Crippen molar-refractivity contribution in [2.75, 3.05) is 29.4 Å². The predicted octanol–water partition coefficient (Wildman–Crippen LogP) is 4.16. The molecule has 1 saturated heterocycles. The van der Waals surface area contributed by atoms with Crippen molar-refractivity contribution in [2.45, 2.75) is 82.9 Å². The Morgan fingerprint density at radius 3 is 2.38 bits per heavy atom. The zero-order valence-corrected chi connectivity index (χ0v) is 22.7. The lowest BCUT2D eigenvalue weighted by molar-refractivity contribution is -0.136. The summed E-state index contributed by atoms with van der Waals surface area (Å²) in [6.07, 6.45) is 6.55. The number of carbonyl (C=O) groups is 1. The minimum Gasteiger partial charge on any atom is -0.390 e. The number of amides is 1. The lowest BCUT2D eigenvalue weighted by Gasteiger charge is -2.58. The van der Waals surface area contributed by atoms with Crippen molar-refractivity contribution in [1.82, 2.24) is 15.3 Å². The number of aliphatic hydroxyl groups is 1. The van der Waals surface area contributed by atoms with Crippen LogP contribution >= 0.6 is 0 Å². The highest BCUT2D eigenvalue weighted by molar-refractivity contribution is 5.92. The van der Waals surface area contributed by atoms with E-state index in [0.717, 1.165) is 51.7 Å². The van der Waals surface area contributed by atoms with Gasteiger partial charge in [0.2, 0.25) is 5.95 Å². The SMILES string of the molecule is C[C@@H]1CN(c2ccc(C(C)(C)C)cc2)CCN1c1nccc(C(=O)NC2C3CC4CC2CC(O)(C4)C3)n1. The minimum absolute atomic E-state index is 0.113. The Labute approximate surface area is 220 Å². The molecule has 37 heavy (non-hydrogen) atoms. The van der Waals surface area contributed by atoms with E-state index in [0.29, 0.717) is 29.4 Å². The third-order valence-corrected chi connectivity index (χ3v) is 9.40. The molecule has 3 atom stereocenters. The molecule has 5 fully saturated rings. The minimum atomic E-state index is -0.493. The van der Waals surface area contributed by atoms with Crippen LogP contribution in [0.4, 0.5) is 11.6 Å². The lowest BCUT2D eigenvalue weighted by Crippen LogP contribution is -2.61. The van der Waals surface area contributed by atoms with Gasteiger partial charge in [0.05, 0.1) is 5.60 Å². The Balaban J connectivity index is 1.11. The molecule has 1 aromatic carbocycles. The van der Waals surface area contributed by atoms with Gasteiger partial charge in [0.25, 0.3) is 5.91 Å². The Morgan fingerprint density at radius 1 is 1.05 bits per heavy atom. The Bertz CT molecular complexity index is 1140. The maximum atomic E-state index is 13.3. The van der Waals surface area contributed by atoms with Crippen LogP contribution in [0.25, 0.3) is 0 Å². The van der Waals surface area contributed by atoms with Gasteiger partial charge < -0.3 is 20.2 Å². The lowest BCUT2D eigenvalue weighted by atomic mass is 9.52. The summed E-state index contributed by atoms with van der Waals surface area (Å²) >= 11 is 0. The van der Waals surface area contributed by atoms with Crippen molar-refractivity contribution < 1.29 is 9.90 Å². The topological polar surface area (TPSA) is 81.6 Å². The van der Waals surface area contributed by atoms with E-state index in [1.54, 1.807) is 12.3 Å². The van der Waals surface area contributed by atoms with Gasteiger partial charge in [-0.05, 0) is 86.0 Å². The molecule has 7 heteroatoms. The normalized spacial score (nSPS) is 33.1. The fourth-order valence-electron chi connectivity index (χ4n) is 7.72. The number of carbonyl (C=O) groups excluding carboxylic acids is 1. The predicted molar refractivity (Wildman–Crippen MR) is 146 cm³/mol. The van der Waals surface area contributed by atoms with Crippen molar-refractivity contribution in [1.29, 1.82) is 0 Å². The summed E-state index contributed by atoms with van der Waals surface area (Å²) in [5.74, 6) is 1.90. The van der Waals surface area contributed by atoms with E-state index in [-0.39, 0.29) is 23.4 Å². The molecule has 1 amide bonds. The zero-order chi connectivity index (χ0) is 25.9. The van der Waals surface area contributed by atoms with Crippen LogP contribution in [0.1, 0.15) is 75.9 Å².